The van der Waals surface area contributed by atoms with Gasteiger partial charge in [0.25, 0.3) is 5.56 Å². The van der Waals surface area contributed by atoms with Crippen molar-refractivity contribution in [2.75, 3.05) is 7.11 Å². The molecule has 0 spiro atoms. The van der Waals surface area contributed by atoms with Crippen LogP contribution in [0.2, 0.25) is 0 Å². The van der Waals surface area contributed by atoms with Crippen LogP contribution >= 0.6 is 0 Å². The van der Waals surface area contributed by atoms with Gasteiger partial charge < -0.3 is 9.84 Å². The topological polar surface area (TPSA) is 64.3 Å². The number of ether oxygens (including phenoxy) is 1. The Bertz CT molecular complexity index is 603. The van der Waals surface area contributed by atoms with E-state index >= 15 is 0 Å². The number of aromatic hydroxyl groups is 1. The molecule has 0 saturated heterocycles. The van der Waals surface area contributed by atoms with Gasteiger partial charge >= 0.3 is 0 Å². The van der Waals surface area contributed by atoms with Crippen LogP contribution in [0.15, 0.2) is 35.3 Å². The third kappa shape index (κ3) is 2.34. The molecule has 5 heteroatoms. The van der Waals surface area contributed by atoms with Crippen LogP contribution in [0.5, 0.6) is 11.5 Å². The number of hydrogen-bond acceptors (Lipinski definition) is 4. The third-order valence-electron chi connectivity index (χ3n) is 2.75. The number of benzene rings is 1. The van der Waals surface area contributed by atoms with Crippen LogP contribution in [0.1, 0.15) is 11.1 Å². The predicted octanol–water partition coefficient (Wildman–Crippen LogP) is 1.31. The molecule has 18 heavy (non-hydrogen) atoms. The summed E-state index contributed by atoms with van der Waals surface area (Å²) in [5.74, 6) is 0.687. The number of rotatable bonds is 3. The maximum atomic E-state index is 11.8. The van der Waals surface area contributed by atoms with Crippen LogP contribution in [0, 0.1) is 6.92 Å². The molecule has 0 atom stereocenters. The second-order valence-corrected chi connectivity index (χ2v) is 3.97. The first kappa shape index (κ1) is 12.2. The van der Waals surface area contributed by atoms with Crippen molar-refractivity contribution in [3.63, 3.8) is 0 Å². The van der Waals surface area contributed by atoms with Gasteiger partial charge in [-0.1, -0.05) is 12.1 Å². The molecule has 0 fully saturated rings. The van der Waals surface area contributed by atoms with Crippen molar-refractivity contribution in [2.24, 2.45) is 0 Å². The summed E-state index contributed by atoms with van der Waals surface area (Å²) in [5.41, 5.74) is 0.958. The Kier molecular flexibility index (Phi) is 3.32. The molecule has 94 valence electrons. The second-order valence-electron chi connectivity index (χ2n) is 3.97. The van der Waals surface area contributed by atoms with Crippen molar-refractivity contribution in [1.82, 2.24) is 9.78 Å². The Balaban J connectivity index is 2.28. The minimum Gasteiger partial charge on any atom is -0.506 e. The average Bonchev–Trinajstić information content (AvgIpc) is 2.40. The zero-order chi connectivity index (χ0) is 13.1. The maximum Gasteiger partial charge on any atom is 0.273 e. The summed E-state index contributed by atoms with van der Waals surface area (Å²) in [4.78, 5) is 11.8. The smallest absolute Gasteiger partial charge is 0.273 e. The monoisotopic (exact) mass is 246 g/mol. The average molecular weight is 246 g/mol. The summed E-state index contributed by atoms with van der Waals surface area (Å²) in [6, 6.07) is 7.39. The van der Waals surface area contributed by atoms with Crippen molar-refractivity contribution in [2.45, 2.75) is 13.5 Å². The van der Waals surface area contributed by atoms with Gasteiger partial charge in [-0.15, -0.1) is 0 Å². The molecule has 0 radical (unpaired) electrons. The van der Waals surface area contributed by atoms with Crippen molar-refractivity contribution in [1.29, 1.82) is 0 Å². The number of nitrogens with zero attached hydrogens (tertiary/aromatic N) is 2. The Labute approximate surface area is 104 Å². The number of aromatic nitrogens is 2. The minimum absolute atomic E-state index is 0.0778. The van der Waals surface area contributed by atoms with E-state index in [1.807, 2.05) is 24.3 Å². The molecule has 0 aliphatic rings. The van der Waals surface area contributed by atoms with Gasteiger partial charge in [-0.3, -0.25) is 4.79 Å². The van der Waals surface area contributed by atoms with E-state index in [1.165, 1.54) is 10.9 Å². The van der Waals surface area contributed by atoms with Gasteiger partial charge in [0.15, 0.2) is 0 Å². The highest BCUT2D eigenvalue weighted by molar-refractivity contribution is 5.28. The van der Waals surface area contributed by atoms with E-state index in [9.17, 15) is 9.90 Å². The normalized spacial score (nSPS) is 10.3. The second kappa shape index (κ2) is 4.91. The molecule has 5 nitrogen and oxygen atoms in total. The third-order valence-corrected chi connectivity index (χ3v) is 2.75. The van der Waals surface area contributed by atoms with Gasteiger partial charge in [0.1, 0.15) is 11.5 Å². The van der Waals surface area contributed by atoms with E-state index in [1.54, 1.807) is 14.0 Å². The zero-order valence-corrected chi connectivity index (χ0v) is 10.3. The van der Waals surface area contributed by atoms with E-state index in [4.69, 9.17) is 4.74 Å². The minimum atomic E-state index is -0.286. The first-order chi connectivity index (χ1) is 8.61. The van der Waals surface area contributed by atoms with E-state index in [0.717, 1.165) is 11.3 Å². The summed E-state index contributed by atoms with van der Waals surface area (Å²) in [5, 5.41) is 13.3. The lowest BCUT2D eigenvalue weighted by Crippen LogP contribution is -2.24. The number of methoxy groups -OCH3 is 1. The lowest BCUT2D eigenvalue weighted by atomic mass is 10.2. The van der Waals surface area contributed by atoms with E-state index in [2.05, 4.69) is 5.10 Å². The molecular weight excluding hydrogens is 232 g/mol. The Morgan fingerprint density at radius 3 is 2.61 bits per heavy atom. The van der Waals surface area contributed by atoms with Gasteiger partial charge in [-0.25, -0.2) is 4.68 Å². The highest BCUT2D eigenvalue weighted by Crippen LogP contribution is 2.12. The molecule has 1 aromatic heterocycles. The SMILES string of the molecule is COc1ccc(Cn2ncc(O)c(C)c2=O)cc1. The first-order valence-electron chi connectivity index (χ1n) is 5.50. The van der Waals surface area contributed by atoms with E-state index in [-0.39, 0.29) is 11.3 Å². The van der Waals surface area contributed by atoms with E-state index < -0.39 is 0 Å². The summed E-state index contributed by atoms with van der Waals surface area (Å²) in [7, 11) is 1.60. The molecule has 0 aliphatic carbocycles. The van der Waals surface area contributed by atoms with Gasteiger partial charge in [0.2, 0.25) is 0 Å². The fourth-order valence-corrected chi connectivity index (χ4v) is 1.59. The fraction of sp³-hybridized carbons (Fsp3) is 0.231. The number of hydrogen-bond donors (Lipinski definition) is 1. The van der Waals surface area contributed by atoms with Crippen LogP contribution < -0.4 is 10.3 Å². The molecule has 0 amide bonds. The van der Waals surface area contributed by atoms with Gasteiger partial charge in [-0.2, -0.15) is 5.10 Å². The predicted molar refractivity (Wildman–Crippen MR) is 67.0 cm³/mol. The van der Waals surface area contributed by atoms with Gasteiger partial charge in [-0.05, 0) is 24.6 Å². The maximum absolute atomic E-state index is 11.8. The highest BCUT2D eigenvalue weighted by atomic mass is 16.5. The van der Waals surface area contributed by atoms with Gasteiger partial charge in [0.05, 0.1) is 25.4 Å². The molecule has 2 aromatic rings. The molecule has 0 unspecified atom stereocenters. The Morgan fingerprint density at radius 2 is 2.00 bits per heavy atom. The molecule has 1 aromatic carbocycles. The van der Waals surface area contributed by atoms with Crippen LogP contribution in [0.25, 0.3) is 0 Å². The lowest BCUT2D eigenvalue weighted by molar-refractivity contribution is 0.414. The standard InChI is InChI=1S/C13H14N2O3/c1-9-12(16)7-14-15(13(9)17)8-10-3-5-11(18-2)6-4-10/h3-7,16H,8H2,1-2H3. The Morgan fingerprint density at radius 1 is 1.33 bits per heavy atom. The zero-order valence-electron chi connectivity index (χ0n) is 10.3. The summed E-state index contributed by atoms with van der Waals surface area (Å²) < 4.78 is 6.38. The molecule has 1 N–H and O–H groups in total. The molecule has 0 bridgehead atoms. The fourth-order valence-electron chi connectivity index (χ4n) is 1.59. The van der Waals surface area contributed by atoms with Gasteiger partial charge in [0, 0.05) is 0 Å². The first-order valence-corrected chi connectivity index (χ1v) is 5.50. The van der Waals surface area contributed by atoms with Crippen molar-refractivity contribution in [3.05, 3.63) is 51.9 Å². The van der Waals surface area contributed by atoms with Crippen LogP contribution in [-0.4, -0.2) is 22.0 Å². The largest absolute Gasteiger partial charge is 0.506 e. The quantitative estimate of drug-likeness (QED) is 0.887. The summed E-state index contributed by atoms with van der Waals surface area (Å²) in [6.45, 7) is 1.94. The lowest BCUT2D eigenvalue weighted by Gasteiger charge is -2.07. The van der Waals surface area contributed by atoms with Crippen molar-refractivity contribution >= 4 is 0 Å². The van der Waals surface area contributed by atoms with Crippen molar-refractivity contribution in [3.8, 4) is 11.5 Å². The van der Waals surface area contributed by atoms with Crippen LogP contribution in [0.3, 0.4) is 0 Å². The highest BCUT2D eigenvalue weighted by Gasteiger charge is 2.06. The summed E-state index contributed by atoms with van der Waals surface area (Å²) in [6.07, 6.45) is 1.28. The summed E-state index contributed by atoms with van der Waals surface area (Å²) >= 11 is 0. The molecule has 2 rings (SSSR count). The van der Waals surface area contributed by atoms with Crippen LogP contribution in [0.4, 0.5) is 0 Å². The molecule has 0 aliphatic heterocycles. The molecular formula is C13H14N2O3. The molecule has 1 heterocycles. The van der Waals surface area contributed by atoms with Crippen molar-refractivity contribution < 1.29 is 9.84 Å². The Hall–Kier alpha value is -2.30. The van der Waals surface area contributed by atoms with E-state index in [0.29, 0.717) is 12.1 Å². The van der Waals surface area contributed by atoms with Crippen LogP contribution in [-0.2, 0) is 6.54 Å². The molecule has 0 saturated carbocycles.